The van der Waals surface area contributed by atoms with E-state index in [4.69, 9.17) is 5.11 Å². The summed E-state index contributed by atoms with van der Waals surface area (Å²) in [6.07, 6.45) is 0. The maximum absolute atomic E-state index is 11.8. The van der Waals surface area contributed by atoms with Gasteiger partial charge in [0.25, 0.3) is 0 Å². The lowest BCUT2D eigenvalue weighted by Crippen LogP contribution is -2.35. The number of likely N-dealkylation sites (N-methyl/N-ethyl adjacent to an activating group) is 1. The van der Waals surface area contributed by atoms with Crippen LogP contribution in [0.25, 0.3) is 0 Å². The summed E-state index contributed by atoms with van der Waals surface area (Å²) in [5.41, 5.74) is -0.0625. The van der Waals surface area contributed by atoms with Crippen LogP contribution >= 0.6 is 11.3 Å². The average molecular weight is 286 g/mol. The molecule has 0 fully saturated rings. The Morgan fingerprint density at radius 3 is 2.58 bits per heavy atom. The molecule has 0 radical (unpaired) electrons. The number of aliphatic hydroxyl groups is 1. The van der Waals surface area contributed by atoms with Crippen LogP contribution in [0.1, 0.15) is 32.7 Å². The standard InChI is InChI=1S/C12H22N4O2S/c1-5-16(6-7-17)8-9(18)13-11-15-14-10(19-11)12(2,3)4/h17H,5-8H2,1-4H3,(H,13,15,18). The van der Waals surface area contributed by atoms with Crippen LogP contribution in [0.15, 0.2) is 0 Å². The van der Waals surface area contributed by atoms with Crippen molar-refractivity contribution in [2.75, 3.05) is 31.6 Å². The number of hydrogen-bond acceptors (Lipinski definition) is 6. The van der Waals surface area contributed by atoms with Gasteiger partial charge in [-0.2, -0.15) is 0 Å². The Morgan fingerprint density at radius 2 is 2.11 bits per heavy atom. The Bertz CT molecular complexity index is 414. The molecule has 2 N–H and O–H groups in total. The molecule has 1 heterocycles. The van der Waals surface area contributed by atoms with E-state index in [1.54, 1.807) is 0 Å². The summed E-state index contributed by atoms with van der Waals surface area (Å²) in [4.78, 5) is 13.7. The molecule has 6 nitrogen and oxygen atoms in total. The fraction of sp³-hybridized carbons (Fsp3) is 0.750. The second-order valence-corrected chi connectivity index (χ2v) is 6.28. The van der Waals surface area contributed by atoms with Crippen molar-refractivity contribution in [2.24, 2.45) is 0 Å². The quantitative estimate of drug-likeness (QED) is 0.818. The molecule has 1 amide bonds. The number of aliphatic hydroxyl groups excluding tert-OH is 1. The maximum Gasteiger partial charge on any atom is 0.240 e. The molecule has 0 spiro atoms. The number of anilines is 1. The van der Waals surface area contributed by atoms with E-state index in [9.17, 15) is 4.79 Å². The fourth-order valence-corrected chi connectivity index (χ4v) is 2.25. The number of aromatic nitrogens is 2. The van der Waals surface area contributed by atoms with E-state index < -0.39 is 0 Å². The molecule has 0 aromatic carbocycles. The van der Waals surface area contributed by atoms with Crippen molar-refractivity contribution >= 4 is 22.4 Å². The highest BCUT2D eigenvalue weighted by Crippen LogP contribution is 2.27. The molecule has 108 valence electrons. The zero-order chi connectivity index (χ0) is 14.5. The molecular formula is C12H22N4O2S. The second kappa shape index (κ2) is 6.93. The van der Waals surface area contributed by atoms with E-state index in [1.807, 2.05) is 11.8 Å². The third-order valence-electron chi connectivity index (χ3n) is 2.54. The van der Waals surface area contributed by atoms with Crippen LogP contribution in [0.2, 0.25) is 0 Å². The normalized spacial score (nSPS) is 11.9. The molecule has 0 atom stereocenters. The molecule has 1 rings (SSSR count). The first-order chi connectivity index (χ1) is 8.86. The van der Waals surface area contributed by atoms with Gasteiger partial charge >= 0.3 is 0 Å². The molecule has 0 aliphatic carbocycles. The number of nitrogens with one attached hydrogen (secondary N) is 1. The van der Waals surface area contributed by atoms with Gasteiger partial charge in [-0.3, -0.25) is 15.0 Å². The SMILES string of the molecule is CCN(CCO)CC(=O)Nc1nnc(C(C)(C)C)s1. The number of rotatable bonds is 6. The largest absolute Gasteiger partial charge is 0.395 e. The third kappa shape index (κ3) is 5.22. The van der Waals surface area contributed by atoms with Gasteiger partial charge < -0.3 is 5.11 Å². The number of carbonyl (C=O) groups excluding carboxylic acids is 1. The topological polar surface area (TPSA) is 78.4 Å². The molecule has 0 saturated heterocycles. The van der Waals surface area contributed by atoms with Gasteiger partial charge in [0.05, 0.1) is 13.2 Å². The molecule has 0 bridgehead atoms. The minimum Gasteiger partial charge on any atom is -0.395 e. The number of carbonyl (C=O) groups is 1. The summed E-state index contributed by atoms with van der Waals surface area (Å²) < 4.78 is 0. The first-order valence-corrected chi connectivity index (χ1v) is 7.15. The average Bonchev–Trinajstić information content (AvgIpc) is 2.76. The predicted octanol–water partition coefficient (Wildman–Crippen LogP) is 1.09. The zero-order valence-corrected chi connectivity index (χ0v) is 12.8. The van der Waals surface area contributed by atoms with Crippen LogP contribution in [0.4, 0.5) is 5.13 Å². The van der Waals surface area contributed by atoms with E-state index in [-0.39, 0.29) is 24.5 Å². The first kappa shape index (κ1) is 16.0. The molecule has 1 aromatic rings. The maximum atomic E-state index is 11.8. The zero-order valence-electron chi connectivity index (χ0n) is 11.9. The molecule has 19 heavy (non-hydrogen) atoms. The summed E-state index contributed by atoms with van der Waals surface area (Å²) in [7, 11) is 0. The summed E-state index contributed by atoms with van der Waals surface area (Å²) in [6, 6.07) is 0. The number of hydrogen-bond donors (Lipinski definition) is 2. The van der Waals surface area contributed by atoms with E-state index in [2.05, 4.69) is 36.3 Å². The van der Waals surface area contributed by atoms with E-state index >= 15 is 0 Å². The van der Waals surface area contributed by atoms with Gasteiger partial charge in [0.15, 0.2) is 0 Å². The van der Waals surface area contributed by atoms with Gasteiger partial charge in [-0.25, -0.2) is 0 Å². The van der Waals surface area contributed by atoms with Gasteiger partial charge in [-0.1, -0.05) is 39.0 Å². The first-order valence-electron chi connectivity index (χ1n) is 6.34. The highest BCUT2D eigenvalue weighted by Gasteiger charge is 2.20. The summed E-state index contributed by atoms with van der Waals surface area (Å²) in [5.74, 6) is -0.132. The smallest absolute Gasteiger partial charge is 0.240 e. The summed E-state index contributed by atoms with van der Waals surface area (Å²) >= 11 is 1.39. The van der Waals surface area contributed by atoms with Gasteiger partial charge in [0, 0.05) is 12.0 Å². The van der Waals surface area contributed by atoms with Gasteiger partial charge in [-0.15, -0.1) is 10.2 Å². The lowest BCUT2D eigenvalue weighted by atomic mass is 9.98. The number of nitrogens with zero attached hydrogens (tertiary/aromatic N) is 3. The highest BCUT2D eigenvalue weighted by molar-refractivity contribution is 7.15. The Labute approximate surface area is 117 Å². The van der Waals surface area contributed by atoms with Crippen molar-refractivity contribution in [2.45, 2.75) is 33.1 Å². The third-order valence-corrected chi connectivity index (χ3v) is 3.81. The molecular weight excluding hydrogens is 264 g/mol. The summed E-state index contributed by atoms with van der Waals surface area (Å²) in [6.45, 7) is 9.63. The minimum atomic E-state index is -0.132. The molecule has 0 aliphatic rings. The monoisotopic (exact) mass is 286 g/mol. The summed E-state index contributed by atoms with van der Waals surface area (Å²) in [5, 5.41) is 21.1. The van der Waals surface area contributed by atoms with Crippen molar-refractivity contribution in [3.8, 4) is 0 Å². The van der Waals surface area contributed by atoms with Crippen LogP contribution < -0.4 is 5.32 Å². The van der Waals surface area contributed by atoms with Gasteiger partial charge in [0.2, 0.25) is 11.0 Å². The van der Waals surface area contributed by atoms with E-state index in [0.717, 1.165) is 11.6 Å². The van der Waals surface area contributed by atoms with Crippen molar-refractivity contribution in [3.63, 3.8) is 0 Å². The molecule has 0 aliphatic heterocycles. The van der Waals surface area contributed by atoms with Crippen LogP contribution in [-0.2, 0) is 10.2 Å². The van der Waals surface area contributed by atoms with Gasteiger partial charge in [-0.05, 0) is 6.54 Å². The lowest BCUT2D eigenvalue weighted by molar-refractivity contribution is -0.117. The van der Waals surface area contributed by atoms with E-state index in [1.165, 1.54) is 11.3 Å². The van der Waals surface area contributed by atoms with Crippen molar-refractivity contribution in [1.29, 1.82) is 0 Å². The van der Waals surface area contributed by atoms with Crippen LogP contribution in [0.3, 0.4) is 0 Å². The Morgan fingerprint density at radius 1 is 1.42 bits per heavy atom. The lowest BCUT2D eigenvalue weighted by Gasteiger charge is -2.17. The highest BCUT2D eigenvalue weighted by atomic mass is 32.1. The second-order valence-electron chi connectivity index (χ2n) is 5.30. The van der Waals surface area contributed by atoms with E-state index in [0.29, 0.717) is 11.7 Å². The van der Waals surface area contributed by atoms with Gasteiger partial charge in [0.1, 0.15) is 5.01 Å². The fourth-order valence-electron chi connectivity index (χ4n) is 1.43. The molecule has 7 heteroatoms. The van der Waals surface area contributed by atoms with Crippen molar-refractivity contribution in [1.82, 2.24) is 15.1 Å². The molecule has 1 aromatic heterocycles. The minimum absolute atomic E-state index is 0.0497. The number of amides is 1. The molecule has 0 saturated carbocycles. The Kier molecular flexibility index (Phi) is 5.84. The van der Waals surface area contributed by atoms with Crippen molar-refractivity contribution in [3.05, 3.63) is 5.01 Å². The van der Waals surface area contributed by atoms with Crippen molar-refractivity contribution < 1.29 is 9.90 Å². The molecule has 0 unspecified atom stereocenters. The van der Waals surface area contributed by atoms with Crippen LogP contribution in [0, 0.1) is 0 Å². The Hall–Kier alpha value is -1.05. The van der Waals surface area contributed by atoms with Crippen LogP contribution in [0.5, 0.6) is 0 Å². The Balaban J connectivity index is 2.55. The van der Waals surface area contributed by atoms with Crippen LogP contribution in [-0.4, -0.2) is 52.4 Å². The predicted molar refractivity (Wildman–Crippen MR) is 76.4 cm³/mol.